The van der Waals surface area contributed by atoms with Crippen LogP contribution in [0.15, 0.2) is 12.1 Å². The molecule has 0 saturated heterocycles. The molecule has 0 unspecified atom stereocenters. The molecule has 0 aliphatic carbocycles. The van der Waals surface area contributed by atoms with Gasteiger partial charge in [0.2, 0.25) is 0 Å². The van der Waals surface area contributed by atoms with Crippen LogP contribution in [0.5, 0.6) is 0 Å². The molecule has 0 radical (unpaired) electrons. The molecule has 0 aliphatic rings. The number of aliphatic hydroxyl groups is 5. The fraction of sp³-hybridized carbons (Fsp3) is 0.500. The van der Waals surface area contributed by atoms with Crippen molar-refractivity contribution in [1.82, 2.24) is 19.8 Å². The number of halogens is 1. The molecule has 0 aliphatic heterocycles. The second-order valence-electron chi connectivity index (χ2n) is 4.16. The van der Waals surface area contributed by atoms with Gasteiger partial charge < -0.3 is 25.5 Å². The molecule has 2 rings (SSSR count). The molecule has 0 fully saturated rings. The standard InChI is InChI=1S/C10H13ClN4O5/c11-5-1-2-6-12-13-10(15(6)14-5)9(20)8(19)7(18)4(17)3-16/h1-2,4,7-9,16-20H,3H2/t4-,7-,8+,9-/m1/s1. The fourth-order valence-corrected chi connectivity index (χ4v) is 1.78. The average molecular weight is 305 g/mol. The molecular weight excluding hydrogens is 292 g/mol. The van der Waals surface area contributed by atoms with Gasteiger partial charge in [0, 0.05) is 0 Å². The van der Waals surface area contributed by atoms with E-state index in [4.69, 9.17) is 16.7 Å². The summed E-state index contributed by atoms with van der Waals surface area (Å²) in [5.74, 6) is -0.154. The molecule has 2 aromatic rings. The van der Waals surface area contributed by atoms with Crippen molar-refractivity contribution >= 4 is 17.2 Å². The first-order valence-corrected chi connectivity index (χ1v) is 6.04. The predicted molar refractivity (Wildman–Crippen MR) is 65.9 cm³/mol. The lowest BCUT2D eigenvalue weighted by Gasteiger charge is -2.24. The van der Waals surface area contributed by atoms with Crippen LogP contribution in [-0.4, -0.2) is 70.3 Å². The number of aromatic nitrogens is 4. The maximum atomic E-state index is 9.97. The SMILES string of the molecule is OC[C@@H](O)[C@@H](O)[C@H](O)[C@@H](O)c1nnc2ccc(Cl)nn12. The Labute approximate surface area is 117 Å². The van der Waals surface area contributed by atoms with Crippen LogP contribution >= 0.6 is 11.6 Å². The van der Waals surface area contributed by atoms with E-state index in [1.807, 2.05) is 0 Å². The van der Waals surface area contributed by atoms with Gasteiger partial charge >= 0.3 is 0 Å². The fourth-order valence-electron chi connectivity index (χ4n) is 1.64. The van der Waals surface area contributed by atoms with E-state index in [0.29, 0.717) is 0 Å². The number of nitrogens with zero attached hydrogens (tertiary/aromatic N) is 4. The van der Waals surface area contributed by atoms with Crippen molar-refractivity contribution in [2.45, 2.75) is 24.4 Å². The summed E-state index contributed by atoms with van der Waals surface area (Å²) in [5, 5.41) is 58.6. The lowest BCUT2D eigenvalue weighted by molar-refractivity contribution is -0.118. The lowest BCUT2D eigenvalue weighted by Crippen LogP contribution is -2.43. The molecule has 0 aromatic carbocycles. The molecule has 10 heteroatoms. The molecule has 0 amide bonds. The number of aliphatic hydroxyl groups excluding tert-OH is 5. The molecule has 110 valence electrons. The quantitative estimate of drug-likeness (QED) is 0.422. The summed E-state index contributed by atoms with van der Waals surface area (Å²) >= 11 is 5.71. The zero-order valence-corrected chi connectivity index (χ0v) is 10.8. The lowest BCUT2D eigenvalue weighted by atomic mass is 10.0. The van der Waals surface area contributed by atoms with Gasteiger partial charge in [0.25, 0.3) is 0 Å². The third kappa shape index (κ3) is 2.73. The number of fused-ring (bicyclic) bond motifs is 1. The van der Waals surface area contributed by atoms with E-state index in [2.05, 4.69) is 15.3 Å². The van der Waals surface area contributed by atoms with Gasteiger partial charge in [-0.1, -0.05) is 11.6 Å². The first-order chi connectivity index (χ1) is 9.45. The first-order valence-electron chi connectivity index (χ1n) is 5.66. The highest BCUT2D eigenvalue weighted by atomic mass is 35.5. The van der Waals surface area contributed by atoms with Gasteiger partial charge in [-0.25, -0.2) is 0 Å². The highest BCUT2D eigenvalue weighted by molar-refractivity contribution is 6.29. The molecule has 0 saturated carbocycles. The summed E-state index contributed by atoms with van der Waals surface area (Å²) in [6.45, 7) is -0.768. The minimum atomic E-state index is -1.79. The minimum Gasteiger partial charge on any atom is -0.394 e. The molecule has 5 N–H and O–H groups in total. The van der Waals surface area contributed by atoms with Gasteiger partial charge in [-0.05, 0) is 12.1 Å². The zero-order chi connectivity index (χ0) is 14.9. The summed E-state index contributed by atoms with van der Waals surface area (Å²) in [5.41, 5.74) is 0.285. The van der Waals surface area contributed by atoms with E-state index >= 15 is 0 Å². The van der Waals surface area contributed by atoms with E-state index < -0.39 is 31.0 Å². The largest absolute Gasteiger partial charge is 0.394 e. The van der Waals surface area contributed by atoms with Crippen molar-refractivity contribution in [1.29, 1.82) is 0 Å². The Hall–Kier alpha value is -1.36. The predicted octanol–water partition coefficient (Wildman–Crippen LogP) is -2.11. The molecule has 0 spiro atoms. The van der Waals surface area contributed by atoms with Crippen molar-refractivity contribution in [2.24, 2.45) is 0 Å². The third-order valence-electron chi connectivity index (χ3n) is 2.77. The normalized spacial score (nSPS) is 17.9. The molecule has 2 heterocycles. The van der Waals surface area contributed by atoms with Crippen LogP contribution in [0.3, 0.4) is 0 Å². The van der Waals surface area contributed by atoms with Gasteiger partial charge in [-0.15, -0.1) is 10.2 Å². The Morgan fingerprint density at radius 1 is 1.10 bits per heavy atom. The van der Waals surface area contributed by atoms with Crippen molar-refractivity contribution in [2.75, 3.05) is 6.61 Å². The number of hydrogen-bond donors (Lipinski definition) is 5. The van der Waals surface area contributed by atoms with Gasteiger partial charge in [-0.3, -0.25) is 0 Å². The van der Waals surface area contributed by atoms with E-state index in [0.717, 1.165) is 4.52 Å². The maximum absolute atomic E-state index is 9.97. The Morgan fingerprint density at radius 2 is 1.80 bits per heavy atom. The van der Waals surface area contributed by atoms with Gasteiger partial charge in [0.1, 0.15) is 29.6 Å². The average Bonchev–Trinajstić information content (AvgIpc) is 2.86. The smallest absolute Gasteiger partial charge is 0.186 e. The summed E-state index contributed by atoms with van der Waals surface area (Å²) in [6.07, 6.45) is -6.82. The molecule has 2 aromatic heterocycles. The molecule has 20 heavy (non-hydrogen) atoms. The summed E-state index contributed by atoms with van der Waals surface area (Å²) in [6, 6.07) is 2.98. The summed E-state index contributed by atoms with van der Waals surface area (Å²) < 4.78 is 1.11. The Kier molecular flexibility index (Phi) is 4.48. The Morgan fingerprint density at radius 3 is 2.45 bits per heavy atom. The molecule has 4 atom stereocenters. The van der Waals surface area contributed by atoms with Crippen molar-refractivity contribution < 1.29 is 25.5 Å². The van der Waals surface area contributed by atoms with Gasteiger partial charge in [0.15, 0.2) is 11.5 Å². The van der Waals surface area contributed by atoms with Crippen LogP contribution in [0.25, 0.3) is 5.65 Å². The van der Waals surface area contributed by atoms with Crippen molar-refractivity contribution in [3.05, 3.63) is 23.1 Å². The van der Waals surface area contributed by atoms with Crippen LogP contribution in [0.4, 0.5) is 0 Å². The highest BCUT2D eigenvalue weighted by Crippen LogP contribution is 2.19. The van der Waals surface area contributed by atoms with Crippen LogP contribution in [0.1, 0.15) is 11.9 Å². The number of rotatable bonds is 5. The maximum Gasteiger partial charge on any atom is 0.186 e. The monoisotopic (exact) mass is 304 g/mol. The van der Waals surface area contributed by atoms with Gasteiger partial charge in [0.05, 0.1) is 6.61 Å². The molecular formula is C10H13ClN4O5. The van der Waals surface area contributed by atoms with E-state index in [1.165, 1.54) is 12.1 Å². The second-order valence-corrected chi connectivity index (χ2v) is 4.55. The summed E-state index contributed by atoms with van der Waals surface area (Å²) in [7, 11) is 0. The number of hydrogen-bond acceptors (Lipinski definition) is 8. The Bertz CT molecular complexity index is 594. The van der Waals surface area contributed by atoms with Crippen molar-refractivity contribution in [3.63, 3.8) is 0 Å². The first kappa shape index (κ1) is 15.0. The van der Waals surface area contributed by atoms with Crippen molar-refractivity contribution in [3.8, 4) is 0 Å². The Balaban J connectivity index is 2.31. The second kappa shape index (κ2) is 5.95. The molecule has 0 bridgehead atoms. The van der Waals surface area contributed by atoms with Crippen LogP contribution in [-0.2, 0) is 0 Å². The highest BCUT2D eigenvalue weighted by Gasteiger charge is 2.33. The zero-order valence-electron chi connectivity index (χ0n) is 10.1. The topological polar surface area (TPSA) is 144 Å². The summed E-state index contributed by atoms with van der Waals surface area (Å²) in [4.78, 5) is 0. The van der Waals surface area contributed by atoms with Gasteiger partial charge in [-0.2, -0.15) is 9.61 Å². The van der Waals surface area contributed by atoms with Crippen LogP contribution < -0.4 is 0 Å². The van der Waals surface area contributed by atoms with Crippen LogP contribution in [0.2, 0.25) is 5.15 Å². The molecule has 9 nitrogen and oxygen atoms in total. The van der Waals surface area contributed by atoms with E-state index in [-0.39, 0.29) is 16.6 Å². The van der Waals surface area contributed by atoms with Crippen LogP contribution in [0, 0.1) is 0 Å². The third-order valence-corrected chi connectivity index (χ3v) is 2.98. The van der Waals surface area contributed by atoms with E-state index in [9.17, 15) is 20.4 Å². The van der Waals surface area contributed by atoms with E-state index in [1.54, 1.807) is 0 Å². The minimum absolute atomic E-state index is 0.121.